The Morgan fingerprint density at radius 2 is 2.18 bits per heavy atom. The van der Waals surface area contributed by atoms with Crippen LogP contribution in [0.2, 0.25) is 0 Å². The minimum atomic E-state index is -0.586. The van der Waals surface area contributed by atoms with E-state index in [0.717, 1.165) is 5.57 Å². The number of rotatable bonds is 5. The Hall–Kier alpha value is -2.94. The monoisotopic (exact) mass is 391 g/mol. The second kappa shape index (κ2) is 8.39. The van der Waals surface area contributed by atoms with E-state index < -0.39 is 24.6 Å². The second-order valence-corrected chi connectivity index (χ2v) is 6.69. The maximum absolute atomic E-state index is 14.7. The number of nitrogens with one attached hydrogen (secondary N) is 1. The largest absolute Gasteiger partial charge is 0.442 e. The number of benzene rings is 1. The highest BCUT2D eigenvalue weighted by molar-refractivity contribution is 5.90. The quantitative estimate of drug-likeness (QED) is 0.777. The second-order valence-electron chi connectivity index (χ2n) is 6.69. The summed E-state index contributed by atoms with van der Waals surface area (Å²) in [6.07, 6.45) is 1.17. The molecule has 2 aliphatic heterocycles. The molecular formula is C19H22FN3O5. The molecule has 0 bridgehead atoms. The van der Waals surface area contributed by atoms with Gasteiger partial charge in [0.05, 0.1) is 18.8 Å². The molecule has 3 rings (SSSR count). The van der Waals surface area contributed by atoms with Gasteiger partial charge in [0.15, 0.2) is 0 Å². The number of amides is 3. The molecule has 1 fully saturated rings. The molecule has 2 heterocycles. The molecule has 1 saturated heterocycles. The number of cyclic esters (lactones) is 1. The van der Waals surface area contributed by atoms with Crippen LogP contribution in [0.5, 0.6) is 0 Å². The molecule has 8 nitrogen and oxygen atoms in total. The van der Waals surface area contributed by atoms with Gasteiger partial charge in [-0.25, -0.2) is 9.18 Å². The molecule has 150 valence electrons. The summed E-state index contributed by atoms with van der Waals surface area (Å²) >= 11 is 0. The van der Waals surface area contributed by atoms with E-state index in [1.165, 1.54) is 22.8 Å². The van der Waals surface area contributed by atoms with Gasteiger partial charge in [-0.1, -0.05) is 6.08 Å². The molecule has 1 atom stereocenters. The van der Waals surface area contributed by atoms with Crippen molar-refractivity contribution in [2.75, 3.05) is 37.7 Å². The Kier molecular flexibility index (Phi) is 5.93. The van der Waals surface area contributed by atoms with Crippen molar-refractivity contribution in [2.24, 2.45) is 0 Å². The minimum Gasteiger partial charge on any atom is -0.442 e. The normalized spacial score (nSPS) is 19.3. The first kappa shape index (κ1) is 19.8. The number of nitrogens with zero attached hydrogens (tertiary/aromatic N) is 2. The Labute approximate surface area is 161 Å². The molecule has 0 aromatic heterocycles. The van der Waals surface area contributed by atoms with Crippen molar-refractivity contribution in [3.63, 3.8) is 0 Å². The topological polar surface area (TPSA) is 99.2 Å². The number of hydrogen-bond acceptors (Lipinski definition) is 5. The number of carbonyl (C=O) groups is 3. The molecule has 28 heavy (non-hydrogen) atoms. The van der Waals surface area contributed by atoms with Crippen LogP contribution in [0.4, 0.5) is 14.9 Å². The number of ether oxygens (including phenoxy) is 1. The zero-order valence-electron chi connectivity index (χ0n) is 15.5. The fraction of sp³-hybridized carbons (Fsp3) is 0.421. The SMILES string of the molecule is CC(=O)NC[C@H]1CN(c2ccc(C3=CCN(C(=O)CO)CC3)c(F)c2)C(=O)O1. The predicted octanol–water partition coefficient (Wildman–Crippen LogP) is 0.895. The molecule has 0 spiro atoms. The number of aliphatic hydroxyl groups excluding tert-OH is 1. The molecule has 0 aliphatic carbocycles. The van der Waals surface area contributed by atoms with Crippen molar-refractivity contribution in [3.05, 3.63) is 35.7 Å². The Bertz CT molecular complexity index is 826. The lowest BCUT2D eigenvalue weighted by Crippen LogP contribution is -2.36. The van der Waals surface area contributed by atoms with Crippen LogP contribution in [0.3, 0.4) is 0 Å². The van der Waals surface area contributed by atoms with E-state index in [4.69, 9.17) is 9.84 Å². The summed E-state index contributed by atoms with van der Waals surface area (Å²) in [5.74, 6) is -1.04. The van der Waals surface area contributed by atoms with Crippen LogP contribution in [0.15, 0.2) is 24.3 Å². The number of carbonyl (C=O) groups excluding carboxylic acids is 3. The third-order valence-corrected chi connectivity index (χ3v) is 4.76. The van der Waals surface area contributed by atoms with Gasteiger partial charge in [-0.2, -0.15) is 0 Å². The van der Waals surface area contributed by atoms with Crippen LogP contribution < -0.4 is 10.2 Å². The number of anilines is 1. The van der Waals surface area contributed by atoms with Gasteiger partial charge in [0.25, 0.3) is 0 Å². The van der Waals surface area contributed by atoms with Crippen LogP contribution in [0, 0.1) is 5.82 Å². The van der Waals surface area contributed by atoms with Crippen LogP contribution in [-0.4, -0.2) is 66.8 Å². The molecule has 1 aromatic rings. The molecule has 3 amide bonds. The fourth-order valence-corrected chi connectivity index (χ4v) is 3.27. The standard InChI is InChI=1S/C19H22FN3O5/c1-12(25)21-9-15-10-23(19(27)28-15)14-2-3-16(17(20)8-14)13-4-6-22(7-5-13)18(26)11-24/h2-4,8,15,24H,5-7,9-11H2,1H3,(H,21,25)/t15-/m0/s1. The summed E-state index contributed by atoms with van der Waals surface area (Å²) in [6.45, 7) is 1.99. The van der Waals surface area contributed by atoms with E-state index in [1.54, 1.807) is 18.2 Å². The molecular weight excluding hydrogens is 369 g/mol. The van der Waals surface area contributed by atoms with Crippen LogP contribution in [0.25, 0.3) is 5.57 Å². The summed E-state index contributed by atoms with van der Waals surface area (Å²) in [4.78, 5) is 37.4. The van der Waals surface area contributed by atoms with Crippen molar-refractivity contribution < 1.29 is 28.6 Å². The highest BCUT2D eigenvalue weighted by Crippen LogP contribution is 2.29. The van der Waals surface area contributed by atoms with Gasteiger partial charge in [-0.15, -0.1) is 0 Å². The van der Waals surface area contributed by atoms with E-state index in [1.807, 2.05) is 0 Å². The molecule has 0 radical (unpaired) electrons. The van der Waals surface area contributed by atoms with Crippen molar-refractivity contribution in [2.45, 2.75) is 19.4 Å². The highest BCUT2D eigenvalue weighted by Gasteiger charge is 2.33. The van der Waals surface area contributed by atoms with E-state index in [9.17, 15) is 18.8 Å². The zero-order valence-corrected chi connectivity index (χ0v) is 15.5. The molecule has 2 aliphatic rings. The van der Waals surface area contributed by atoms with Gasteiger partial charge < -0.3 is 20.1 Å². The Balaban J connectivity index is 1.69. The summed E-state index contributed by atoms with van der Waals surface area (Å²) in [7, 11) is 0. The summed E-state index contributed by atoms with van der Waals surface area (Å²) in [5.41, 5.74) is 1.57. The lowest BCUT2D eigenvalue weighted by Gasteiger charge is -2.26. The molecule has 1 aromatic carbocycles. The molecule has 9 heteroatoms. The van der Waals surface area contributed by atoms with Gasteiger partial charge in [-0.3, -0.25) is 14.5 Å². The average molecular weight is 391 g/mol. The highest BCUT2D eigenvalue weighted by atomic mass is 19.1. The number of aliphatic hydroxyl groups is 1. The van der Waals surface area contributed by atoms with Crippen molar-refractivity contribution in [3.8, 4) is 0 Å². The molecule has 2 N–H and O–H groups in total. The van der Waals surface area contributed by atoms with Crippen molar-refractivity contribution >= 4 is 29.2 Å². The van der Waals surface area contributed by atoms with Crippen molar-refractivity contribution in [1.29, 1.82) is 0 Å². The first-order valence-corrected chi connectivity index (χ1v) is 8.99. The van der Waals surface area contributed by atoms with E-state index in [-0.39, 0.29) is 24.9 Å². The van der Waals surface area contributed by atoms with Gasteiger partial charge in [-0.05, 0) is 30.2 Å². The summed E-state index contributed by atoms with van der Waals surface area (Å²) in [5, 5.41) is 11.5. The lowest BCUT2D eigenvalue weighted by atomic mass is 9.98. The number of hydrogen-bond donors (Lipinski definition) is 2. The van der Waals surface area contributed by atoms with Gasteiger partial charge in [0, 0.05) is 25.6 Å². The van der Waals surface area contributed by atoms with Gasteiger partial charge >= 0.3 is 6.09 Å². The Morgan fingerprint density at radius 3 is 2.79 bits per heavy atom. The molecule has 0 saturated carbocycles. The smallest absolute Gasteiger partial charge is 0.414 e. The Morgan fingerprint density at radius 1 is 1.39 bits per heavy atom. The predicted molar refractivity (Wildman–Crippen MR) is 99.0 cm³/mol. The first-order valence-electron chi connectivity index (χ1n) is 8.99. The first-order chi connectivity index (χ1) is 13.4. The third-order valence-electron chi connectivity index (χ3n) is 4.76. The van der Waals surface area contributed by atoms with Crippen molar-refractivity contribution in [1.82, 2.24) is 10.2 Å². The average Bonchev–Trinajstić information content (AvgIpc) is 3.06. The lowest BCUT2D eigenvalue weighted by molar-refractivity contribution is -0.133. The van der Waals surface area contributed by atoms with Crippen LogP contribution >= 0.6 is 0 Å². The fourth-order valence-electron chi connectivity index (χ4n) is 3.27. The summed E-state index contributed by atoms with van der Waals surface area (Å²) in [6, 6.07) is 4.53. The minimum absolute atomic E-state index is 0.202. The third kappa shape index (κ3) is 4.30. The van der Waals surface area contributed by atoms with E-state index >= 15 is 0 Å². The van der Waals surface area contributed by atoms with Crippen LogP contribution in [-0.2, 0) is 14.3 Å². The zero-order chi connectivity index (χ0) is 20.3. The van der Waals surface area contributed by atoms with E-state index in [0.29, 0.717) is 30.8 Å². The number of halogens is 1. The van der Waals surface area contributed by atoms with Crippen LogP contribution in [0.1, 0.15) is 18.9 Å². The summed E-state index contributed by atoms with van der Waals surface area (Å²) < 4.78 is 19.9. The maximum Gasteiger partial charge on any atom is 0.414 e. The van der Waals surface area contributed by atoms with E-state index in [2.05, 4.69) is 5.32 Å². The molecule has 0 unspecified atom stereocenters. The van der Waals surface area contributed by atoms with Gasteiger partial charge in [0.2, 0.25) is 11.8 Å². The maximum atomic E-state index is 14.7. The van der Waals surface area contributed by atoms with Gasteiger partial charge in [0.1, 0.15) is 18.5 Å².